The molecule has 15 heavy (non-hydrogen) atoms. The van der Waals surface area contributed by atoms with Crippen molar-refractivity contribution in [3.8, 4) is 0 Å². The fourth-order valence-corrected chi connectivity index (χ4v) is 2.85. The molecule has 1 unspecified atom stereocenters. The van der Waals surface area contributed by atoms with Crippen LogP contribution in [-0.2, 0) is 0 Å². The molecule has 5 nitrogen and oxygen atoms in total. The molecule has 84 valence electrons. The van der Waals surface area contributed by atoms with Crippen LogP contribution in [0.1, 0.15) is 12.8 Å². The lowest BCUT2D eigenvalue weighted by Crippen LogP contribution is -2.51. The van der Waals surface area contributed by atoms with Crippen LogP contribution in [0.15, 0.2) is 11.5 Å². The molecule has 1 fully saturated rings. The summed E-state index contributed by atoms with van der Waals surface area (Å²) in [6, 6.07) is 0. The third kappa shape index (κ3) is 2.32. The highest BCUT2D eigenvalue weighted by Crippen LogP contribution is 2.41. The fraction of sp³-hybridized carbons (Fsp3) is 0.778. The van der Waals surface area contributed by atoms with E-state index in [-0.39, 0.29) is 12.1 Å². The van der Waals surface area contributed by atoms with Crippen molar-refractivity contribution in [1.29, 1.82) is 0 Å². The van der Waals surface area contributed by atoms with Crippen molar-refractivity contribution in [3.63, 3.8) is 0 Å². The van der Waals surface area contributed by atoms with E-state index in [9.17, 15) is 5.11 Å². The Morgan fingerprint density at radius 3 is 3.00 bits per heavy atom. The molecule has 3 N–H and O–H groups in total. The minimum atomic E-state index is -0.155. The molecule has 0 saturated heterocycles. The number of aliphatic hydroxyl groups excluding tert-OH is 1. The Morgan fingerprint density at radius 2 is 2.53 bits per heavy atom. The predicted octanol–water partition coefficient (Wildman–Crippen LogP) is 0.257. The molecule has 0 amide bonds. The van der Waals surface area contributed by atoms with Gasteiger partial charge in [0.1, 0.15) is 6.33 Å². The molecule has 1 atom stereocenters. The van der Waals surface area contributed by atoms with Crippen LogP contribution in [0.25, 0.3) is 0 Å². The van der Waals surface area contributed by atoms with Gasteiger partial charge in [-0.15, -0.1) is 0 Å². The highest BCUT2D eigenvalue weighted by Gasteiger charge is 2.43. The topological polar surface area (TPSA) is 73.8 Å². The van der Waals surface area contributed by atoms with Gasteiger partial charge in [-0.2, -0.15) is 5.10 Å². The summed E-state index contributed by atoms with van der Waals surface area (Å²) >= 11 is 1.60. The maximum atomic E-state index is 9.49. The SMILES string of the molecule is CNC(CO)(CSc1ncn[nH]1)C1CC1. The monoisotopic (exact) mass is 228 g/mol. The summed E-state index contributed by atoms with van der Waals surface area (Å²) in [4.78, 5) is 4.05. The third-order valence-corrected chi connectivity index (χ3v) is 4.13. The summed E-state index contributed by atoms with van der Waals surface area (Å²) < 4.78 is 0. The lowest BCUT2D eigenvalue weighted by molar-refractivity contribution is 0.167. The Balaban J connectivity index is 1.94. The Labute approximate surface area is 93.1 Å². The maximum absolute atomic E-state index is 9.49. The number of hydrogen-bond acceptors (Lipinski definition) is 5. The Kier molecular flexibility index (Phi) is 3.28. The zero-order valence-corrected chi connectivity index (χ0v) is 9.55. The summed E-state index contributed by atoms with van der Waals surface area (Å²) in [5, 5.41) is 20.2. The van der Waals surface area contributed by atoms with Crippen molar-refractivity contribution < 1.29 is 5.11 Å². The van der Waals surface area contributed by atoms with Gasteiger partial charge in [-0.25, -0.2) is 4.98 Å². The van der Waals surface area contributed by atoms with Gasteiger partial charge in [0.05, 0.1) is 12.1 Å². The van der Waals surface area contributed by atoms with E-state index in [2.05, 4.69) is 20.5 Å². The Hall–Kier alpha value is -0.590. The third-order valence-electron chi connectivity index (χ3n) is 3.00. The van der Waals surface area contributed by atoms with Crippen molar-refractivity contribution >= 4 is 11.8 Å². The van der Waals surface area contributed by atoms with Crippen molar-refractivity contribution in [2.75, 3.05) is 19.4 Å². The van der Waals surface area contributed by atoms with E-state index in [1.54, 1.807) is 11.8 Å². The van der Waals surface area contributed by atoms with Crippen LogP contribution in [-0.4, -0.2) is 45.2 Å². The highest BCUT2D eigenvalue weighted by atomic mass is 32.2. The molecule has 0 spiro atoms. The average molecular weight is 228 g/mol. The van der Waals surface area contributed by atoms with Crippen molar-refractivity contribution in [2.24, 2.45) is 5.92 Å². The van der Waals surface area contributed by atoms with Crippen molar-refractivity contribution in [3.05, 3.63) is 6.33 Å². The van der Waals surface area contributed by atoms with Crippen LogP contribution < -0.4 is 5.32 Å². The second-order valence-electron chi connectivity index (χ2n) is 3.92. The quantitative estimate of drug-likeness (QED) is 0.609. The molecule has 1 saturated carbocycles. The van der Waals surface area contributed by atoms with Gasteiger partial charge in [-0.3, -0.25) is 5.10 Å². The largest absolute Gasteiger partial charge is 0.394 e. The van der Waals surface area contributed by atoms with Crippen molar-refractivity contribution in [1.82, 2.24) is 20.5 Å². The minimum absolute atomic E-state index is 0.155. The summed E-state index contributed by atoms with van der Waals surface area (Å²) in [5.74, 6) is 1.42. The number of aromatic amines is 1. The number of thioether (sulfide) groups is 1. The highest BCUT2D eigenvalue weighted by molar-refractivity contribution is 7.99. The molecule has 0 aliphatic heterocycles. The molecule has 0 aromatic carbocycles. The van der Waals surface area contributed by atoms with Crippen LogP contribution >= 0.6 is 11.8 Å². The van der Waals surface area contributed by atoms with Crippen LogP contribution in [0.4, 0.5) is 0 Å². The number of aromatic nitrogens is 3. The fourth-order valence-electron chi connectivity index (χ4n) is 1.74. The van der Waals surface area contributed by atoms with Crippen LogP contribution in [0.5, 0.6) is 0 Å². The zero-order chi connectivity index (χ0) is 10.7. The number of H-pyrrole nitrogens is 1. The van der Waals surface area contributed by atoms with E-state index < -0.39 is 0 Å². The number of hydrogen-bond donors (Lipinski definition) is 3. The first-order valence-electron chi connectivity index (χ1n) is 5.08. The van der Waals surface area contributed by atoms with Gasteiger partial charge in [0.2, 0.25) is 0 Å². The first-order chi connectivity index (χ1) is 7.30. The maximum Gasteiger partial charge on any atom is 0.183 e. The van der Waals surface area contributed by atoms with Gasteiger partial charge >= 0.3 is 0 Å². The number of aliphatic hydroxyl groups is 1. The minimum Gasteiger partial charge on any atom is -0.394 e. The molecule has 0 radical (unpaired) electrons. The molecule has 1 aliphatic carbocycles. The molecule has 6 heteroatoms. The van der Waals surface area contributed by atoms with Gasteiger partial charge in [0.15, 0.2) is 5.16 Å². The first-order valence-corrected chi connectivity index (χ1v) is 6.07. The molecule has 1 heterocycles. The normalized spacial score (nSPS) is 20.1. The number of nitrogens with one attached hydrogen (secondary N) is 2. The lowest BCUT2D eigenvalue weighted by atomic mass is 9.97. The molecule has 0 bridgehead atoms. The van der Waals surface area contributed by atoms with E-state index in [0.29, 0.717) is 5.92 Å². The second-order valence-corrected chi connectivity index (χ2v) is 4.88. The molecular formula is C9H16N4OS. The standard InChI is InChI=1S/C9H16N4OS/c1-10-9(4-14,7-2-3-7)5-15-8-11-6-12-13-8/h6-7,10,14H,2-5H2,1H3,(H,11,12,13). The summed E-state index contributed by atoms with van der Waals surface area (Å²) in [6.07, 6.45) is 3.91. The van der Waals surface area contributed by atoms with Crippen LogP contribution in [0.3, 0.4) is 0 Å². The van der Waals surface area contributed by atoms with Gasteiger partial charge in [-0.05, 0) is 25.8 Å². The number of rotatable bonds is 6. The summed E-state index contributed by atoms with van der Waals surface area (Å²) in [6.45, 7) is 0.176. The molecule has 1 aliphatic rings. The average Bonchev–Trinajstić information content (AvgIpc) is 2.99. The molecule has 1 aromatic rings. The van der Waals surface area contributed by atoms with Crippen LogP contribution in [0.2, 0.25) is 0 Å². The van der Waals surface area contributed by atoms with Gasteiger partial charge < -0.3 is 10.4 Å². The van der Waals surface area contributed by atoms with E-state index in [1.807, 2.05) is 7.05 Å². The zero-order valence-electron chi connectivity index (χ0n) is 8.73. The van der Waals surface area contributed by atoms with Gasteiger partial charge in [0.25, 0.3) is 0 Å². The first kappa shape index (κ1) is 10.9. The smallest absolute Gasteiger partial charge is 0.183 e. The Bertz CT molecular complexity index is 295. The van der Waals surface area contributed by atoms with E-state index >= 15 is 0 Å². The Morgan fingerprint density at radius 1 is 1.73 bits per heavy atom. The molecule has 1 aromatic heterocycles. The van der Waals surface area contributed by atoms with Gasteiger partial charge in [-0.1, -0.05) is 11.8 Å². The van der Waals surface area contributed by atoms with E-state index in [0.717, 1.165) is 10.9 Å². The van der Waals surface area contributed by atoms with Crippen molar-refractivity contribution in [2.45, 2.75) is 23.5 Å². The van der Waals surface area contributed by atoms with E-state index in [1.165, 1.54) is 19.2 Å². The number of nitrogens with zero attached hydrogens (tertiary/aromatic N) is 2. The van der Waals surface area contributed by atoms with Gasteiger partial charge in [0, 0.05) is 5.75 Å². The second kappa shape index (κ2) is 4.51. The van der Waals surface area contributed by atoms with Crippen LogP contribution in [0, 0.1) is 5.92 Å². The van der Waals surface area contributed by atoms with E-state index in [4.69, 9.17) is 0 Å². The summed E-state index contributed by atoms with van der Waals surface area (Å²) in [5.41, 5.74) is -0.155. The lowest BCUT2D eigenvalue weighted by Gasteiger charge is -2.31. The molecule has 2 rings (SSSR count). The summed E-state index contributed by atoms with van der Waals surface area (Å²) in [7, 11) is 1.91. The number of likely N-dealkylation sites (N-methyl/N-ethyl adjacent to an activating group) is 1. The predicted molar refractivity (Wildman–Crippen MR) is 58.7 cm³/mol. The molecular weight excluding hydrogens is 212 g/mol.